The van der Waals surface area contributed by atoms with E-state index in [1.807, 2.05) is 18.3 Å². The molecule has 20 heavy (non-hydrogen) atoms. The Morgan fingerprint density at radius 2 is 2.15 bits per heavy atom. The molecule has 3 aliphatic rings. The number of rotatable bonds is 3. The van der Waals surface area contributed by atoms with Crippen LogP contribution in [0.3, 0.4) is 0 Å². The first kappa shape index (κ1) is 12.8. The van der Waals surface area contributed by atoms with Crippen molar-refractivity contribution in [1.82, 2.24) is 4.90 Å². The number of nitrogens with two attached hydrogens (primary N) is 1. The summed E-state index contributed by atoms with van der Waals surface area (Å²) in [6, 6.07) is 2.53. The minimum absolute atomic E-state index is 0.189. The molecule has 3 nitrogen and oxygen atoms in total. The van der Waals surface area contributed by atoms with Gasteiger partial charge in [0.05, 0.1) is 11.6 Å². The van der Waals surface area contributed by atoms with Gasteiger partial charge in [-0.25, -0.2) is 0 Å². The number of hydrogen-bond acceptors (Lipinski definition) is 3. The van der Waals surface area contributed by atoms with Gasteiger partial charge >= 0.3 is 0 Å². The highest BCUT2D eigenvalue weighted by molar-refractivity contribution is 7.10. The van der Waals surface area contributed by atoms with Crippen LogP contribution in [-0.2, 0) is 11.2 Å². The van der Waals surface area contributed by atoms with E-state index in [1.54, 1.807) is 0 Å². The van der Waals surface area contributed by atoms with Gasteiger partial charge in [-0.1, -0.05) is 0 Å². The fourth-order valence-electron chi connectivity index (χ4n) is 3.66. The molecule has 0 radical (unpaired) electrons. The van der Waals surface area contributed by atoms with E-state index in [4.69, 9.17) is 5.73 Å². The molecule has 0 spiro atoms. The van der Waals surface area contributed by atoms with Crippen LogP contribution in [-0.4, -0.2) is 22.9 Å². The third kappa shape index (κ3) is 1.92. The smallest absolute Gasteiger partial charge is 0.243 e. The summed E-state index contributed by atoms with van der Waals surface area (Å²) in [5.41, 5.74) is 7.14. The van der Waals surface area contributed by atoms with Crippen molar-refractivity contribution >= 4 is 17.2 Å². The van der Waals surface area contributed by atoms with Crippen LogP contribution in [0.2, 0.25) is 0 Å². The Morgan fingerprint density at radius 1 is 1.40 bits per heavy atom. The highest BCUT2D eigenvalue weighted by Gasteiger charge is 2.50. The second-order valence-electron chi connectivity index (χ2n) is 6.89. The van der Waals surface area contributed by atoms with E-state index < -0.39 is 5.54 Å². The Hall–Kier alpha value is -0.870. The molecule has 2 heterocycles. The van der Waals surface area contributed by atoms with Crippen LogP contribution < -0.4 is 5.73 Å². The van der Waals surface area contributed by atoms with Crippen LogP contribution >= 0.6 is 11.3 Å². The summed E-state index contributed by atoms with van der Waals surface area (Å²) < 4.78 is 0. The monoisotopic (exact) mass is 290 g/mol. The van der Waals surface area contributed by atoms with E-state index in [0.29, 0.717) is 17.9 Å². The van der Waals surface area contributed by atoms with Gasteiger partial charge in [0.25, 0.3) is 0 Å². The second-order valence-corrected chi connectivity index (χ2v) is 7.89. The summed E-state index contributed by atoms with van der Waals surface area (Å²) in [6.45, 7) is 2.80. The predicted molar refractivity (Wildman–Crippen MR) is 80.5 cm³/mol. The van der Waals surface area contributed by atoms with Crippen molar-refractivity contribution in [3.8, 4) is 0 Å². The van der Waals surface area contributed by atoms with Crippen molar-refractivity contribution in [1.29, 1.82) is 0 Å². The fraction of sp³-hybridized carbons (Fsp3) is 0.688. The largest absolute Gasteiger partial charge is 0.333 e. The van der Waals surface area contributed by atoms with E-state index in [-0.39, 0.29) is 5.91 Å². The summed E-state index contributed by atoms with van der Waals surface area (Å²) in [6.07, 6.45) is 5.75. The number of nitrogens with zero attached hydrogens (tertiary/aromatic N) is 1. The Kier molecular flexibility index (Phi) is 2.77. The number of thiophene rings is 1. The van der Waals surface area contributed by atoms with Gasteiger partial charge in [-0.3, -0.25) is 4.79 Å². The molecule has 0 bridgehead atoms. The molecule has 1 amide bonds. The zero-order chi connectivity index (χ0) is 13.9. The lowest BCUT2D eigenvalue weighted by atomic mass is 9.90. The third-order valence-corrected chi connectivity index (χ3v) is 6.23. The fourth-order valence-corrected chi connectivity index (χ4v) is 4.57. The lowest BCUT2D eigenvalue weighted by Gasteiger charge is -2.40. The molecule has 4 rings (SSSR count). The molecule has 2 saturated carbocycles. The molecule has 2 fully saturated rings. The van der Waals surface area contributed by atoms with Gasteiger partial charge in [-0.15, -0.1) is 11.3 Å². The first-order chi connectivity index (χ1) is 9.59. The molecule has 1 aromatic heterocycles. The molecule has 0 saturated heterocycles. The number of fused-ring (bicyclic) bond motifs is 1. The summed E-state index contributed by atoms with van der Waals surface area (Å²) in [4.78, 5) is 16.6. The zero-order valence-electron chi connectivity index (χ0n) is 12.0. The maximum atomic E-state index is 13.0. The average molecular weight is 290 g/mol. The van der Waals surface area contributed by atoms with Crippen LogP contribution in [0.15, 0.2) is 11.4 Å². The number of hydrogen-bond donors (Lipinski definition) is 1. The zero-order valence-corrected chi connectivity index (χ0v) is 12.8. The first-order valence-electron chi connectivity index (χ1n) is 7.75. The Balaban J connectivity index is 1.66. The van der Waals surface area contributed by atoms with Gasteiger partial charge in [-0.2, -0.15) is 0 Å². The molecule has 0 aromatic carbocycles. The molecule has 108 valence electrons. The summed E-state index contributed by atoms with van der Waals surface area (Å²) in [7, 11) is 0. The Labute approximate surface area is 124 Å². The van der Waals surface area contributed by atoms with Gasteiger partial charge in [0.15, 0.2) is 0 Å². The maximum Gasteiger partial charge on any atom is 0.243 e. The highest BCUT2D eigenvalue weighted by atomic mass is 32.1. The molecule has 1 aromatic rings. The van der Waals surface area contributed by atoms with Crippen molar-refractivity contribution in [2.75, 3.05) is 6.54 Å². The van der Waals surface area contributed by atoms with E-state index in [9.17, 15) is 4.79 Å². The van der Waals surface area contributed by atoms with Crippen LogP contribution in [0.1, 0.15) is 49.1 Å². The molecule has 2 aliphatic carbocycles. The highest BCUT2D eigenvalue weighted by Crippen LogP contribution is 2.50. The first-order valence-corrected chi connectivity index (χ1v) is 8.63. The van der Waals surface area contributed by atoms with Crippen LogP contribution in [0.5, 0.6) is 0 Å². The second kappa shape index (κ2) is 4.31. The molecule has 2 atom stereocenters. The van der Waals surface area contributed by atoms with E-state index >= 15 is 0 Å². The lowest BCUT2D eigenvalue weighted by molar-refractivity contribution is -0.140. The van der Waals surface area contributed by atoms with Gasteiger partial charge in [0.2, 0.25) is 5.91 Å². The van der Waals surface area contributed by atoms with E-state index in [1.165, 1.54) is 23.3 Å². The van der Waals surface area contributed by atoms with Crippen molar-refractivity contribution in [3.63, 3.8) is 0 Å². The van der Waals surface area contributed by atoms with Crippen molar-refractivity contribution in [3.05, 3.63) is 21.9 Å². The third-order valence-electron chi connectivity index (χ3n) is 5.23. The standard InChI is InChI=1S/C16H22N2OS/c1-16(17,11-4-5-11)15(19)18-8-6-13-12(7-9-20-13)14(18)10-2-3-10/h7,9-11,14H,2-6,8,17H2,1H3. The van der Waals surface area contributed by atoms with Crippen LogP contribution in [0, 0.1) is 11.8 Å². The minimum Gasteiger partial charge on any atom is -0.333 e. The van der Waals surface area contributed by atoms with Crippen LogP contribution in [0.4, 0.5) is 0 Å². The maximum absolute atomic E-state index is 13.0. The quantitative estimate of drug-likeness (QED) is 0.930. The van der Waals surface area contributed by atoms with Gasteiger partial charge < -0.3 is 10.6 Å². The Bertz CT molecular complexity index is 542. The molecule has 2 N–H and O–H groups in total. The summed E-state index contributed by atoms with van der Waals surface area (Å²) in [5.74, 6) is 1.26. The minimum atomic E-state index is -0.652. The van der Waals surface area contributed by atoms with Crippen LogP contribution in [0.25, 0.3) is 0 Å². The van der Waals surface area contributed by atoms with Crippen molar-refractivity contribution < 1.29 is 4.79 Å². The molecule has 2 unspecified atom stereocenters. The average Bonchev–Trinajstić information content (AvgIpc) is 3.32. The number of carbonyl (C=O) groups is 1. The molecular weight excluding hydrogens is 268 g/mol. The van der Waals surface area contributed by atoms with Crippen molar-refractivity contribution in [2.24, 2.45) is 17.6 Å². The van der Waals surface area contributed by atoms with Gasteiger partial charge in [-0.05, 0) is 67.9 Å². The molecular formula is C16H22N2OS. The molecule has 4 heteroatoms. The molecule has 1 aliphatic heterocycles. The van der Waals surface area contributed by atoms with Gasteiger partial charge in [0.1, 0.15) is 0 Å². The Morgan fingerprint density at radius 3 is 2.80 bits per heavy atom. The summed E-state index contributed by atoms with van der Waals surface area (Å²) in [5, 5.41) is 2.18. The topological polar surface area (TPSA) is 46.3 Å². The van der Waals surface area contributed by atoms with E-state index in [0.717, 1.165) is 25.8 Å². The van der Waals surface area contributed by atoms with Crippen molar-refractivity contribution in [2.45, 2.75) is 50.6 Å². The normalized spacial score (nSPS) is 28.9. The SMILES string of the molecule is CC(N)(C(=O)N1CCc2sccc2C1C1CC1)C1CC1. The number of carbonyl (C=O) groups excluding carboxylic acids is 1. The van der Waals surface area contributed by atoms with E-state index in [2.05, 4.69) is 16.3 Å². The number of amides is 1. The van der Waals surface area contributed by atoms with Gasteiger partial charge in [0, 0.05) is 11.4 Å². The summed E-state index contributed by atoms with van der Waals surface area (Å²) >= 11 is 1.84. The predicted octanol–water partition coefficient (Wildman–Crippen LogP) is 2.71. The lowest BCUT2D eigenvalue weighted by Crippen LogP contribution is -2.57.